The summed E-state index contributed by atoms with van der Waals surface area (Å²) in [5.74, 6) is -0.683. The van der Waals surface area contributed by atoms with Crippen molar-refractivity contribution < 1.29 is 66.4 Å². The van der Waals surface area contributed by atoms with Crippen LogP contribution in [-0.4, -0.2) is 11.1 Å². The maximum atomic E-state index is 11.5. The largest absolute Gasteiger partial charge is 1.00 e. The van der Waals surface area contributed by atoms with Crippen LogP contribution in [-0.2, 0) is 4.79 Å². The predicted molar refractivity (Wildman–Crippen MR) is 85.8 cm³/mol. The minimum Gasteiger partial charge on any atom is -0.876 e. The summed E-state index contributed by atoms with van der Waals surface area (Å²) in [6, 6.07) is 0. The monoisotopic (exact) mass is 332 g/mol. The molecule has 0 atom stereocenters. The standard InChI is InChI=1S/C18H30O3.K/c1-2-3-4-5-6-7-8-9-10-11-14-17(19)15-12-13-16-18(20)21;/h6-7,9-10,14,19H,2-5,8,11-13,15-16H2,1H3,(H,20,21);/q;+1/p-1/b7-6-,10-9-,17-14+;. The quantitative estimate of drug-likeness (QED) is 0.240. The van der Waals surface area contributed by atoms with E-state index in [4.69, 9.17) is 5.11 Å². The first-order chi connectivity index (χ1) is 10.2. The summed E-state index contributed by atoms with van der Waals surface area (Å²) in [6.07, 6.45) is 18.6. The van der Waals surface area contributed by atoms with E-state index >= 15 is 0 Å². The second-order valence-corrected chi connectivity index (χ2v) is 5.18. The zero-order chi connectivity index (χ0) is 15.8. The molecule has 0 aromatic rings. The molecule has 0 saturated heterocycles. The van der Waals surface area contributed by atoms with Crippen molar-refractivity contribution in [1.82, 2.24) is 0 Å². The minimum atomic E-state index is -0.794. The molecule has 1 N–H and O–H groups in total. The van der Waals surface area contributed by atoms with Crippen molar-refractivity contribution in [2.75, 3.05) is 0 Å². The molecule has 0 bridgehead atoms. The van der Waals surface area contributed by atoms with E-state index in [1.807, 2.05) is 6.08 Å². The van der Waals surface area contributed by atoms with Crippen LogP contribution in [0, 0.1) is 0 Å². The molecule has 0 heterocycles. The molecular formula is C18H29KO3. The van der Waals surface area contributed by atoms with Crippen molar-refractivity contribution >= 4 is 5.97 Å². The molecule has 3 nitrogen and oxygen atoms in total. The SMILES string of the molecule is CCCCC/C=C\C/C=C\C/C=C(/[O-])CCCCC(=O)O.[K+]. The van der Waals surface area contributed by atoms with Gasteiger partial charge in [-0.15, -0.1) is 5.76 Å². The average molecular weight is 333 g/mol. The molecule has 0 aliphatic heterocycles. The van der Waals surface area contributed by atoms with E-state index in [-0.39, 0.29) is 63.6 Å². The first kappa shape index (κ1) is 24.4. The van der Waals surface area contributed by atoms with E-state index in [0.29, 0.717) is 25.7 Å². The zero-order valence-corrected chi connectivity index (χ0v) is 17.3. The Morgan fingerprint density at radius 1 is 0.955 bits per heavy atom. The van der Waals surface area contributed by atoms with Crippen LogP contribution in [0.15, 0.2) is 36.1 Å². The Balaban J connectivity index is 0. The van der Waals surface area contributed by atoms with Crippen LogP contribution in [0.5, 0.6) is 0 Å². The summed E-state index contributed by atoms with van der Waals surface area (Å²) in [5.41, 5.74) is 0. The van der Waals surface area contributed by atoms with Gasteiger partial charge in [-0.2, -0.15) is 0 Å². The Morgan fingerprint density at radius 3 is 2.27 bits per heavy atom. The molecule has 0 aliphatic carbocycles. The molecule has 0 fully saturated rings. The summed E-state index contributed by atoms with van der Waals surface area (Å²) in [4.78, 5) is 10.3. The van der Waals surface area contributed by atoms with E-state index in [1.54, 1.807) is 6.08 Å². The van der Waals surface area contributed by atoms with Gasteiger partial charge in [0.05, 0.1) is 0 Å². The van der Waals surface area contributed by atoms with Gasteiger partial charge in [0, 0.05) is 6.42 Å². The summed E-state index contributed by atoms with van der Waals surface area (Å²) < 4.78 is 0. The number of hydrogen-bond acceptors (Lipinski definition) is 2. The fraction of sp³-hybridized carbons (Fsp3) is 0.611. The third-order valence-corrected chi connectivity index (χ3v) is 3.13. The van der Waals surface area contributed by atoms with Gasteiger partial charge in [0.2, 0.25) is 0 Å². The molecular weight excluding hydrogens is 303 g/mol. The van der Waals surface area contributed by atoms with Crippen molar-refractivity contribution in [3.05, 3.63) is 36.1 Å². The van der Waals surface area contributed by atoms with E-state index < -0.39 is 5.97 Å². The Kier molecular flexibility index (Phi) is 21.2. The second-order valence-electron chi connectivity index (χ2n) is 5.18. The van der Waals surface area contributed by atoms with Crippen LogP contribution in [0.1, 0.15) is 71.1 Å². The molecule has 0 rings (SSSR count). The molecule has 0 spiro atoms. The van der Waals surface area contributed by atoms with Gasteiger partial charge in [0.15, 0.2) is 0 Å². The topological polar surface area (TPSA) is 60.4 Å². The van der Waals surface area contributed by atoms with Gasteiger partial charge in [-0.3, -0.25) is 4.79 Å². The predicted octanol–water partition coefficient (Wildman–Crippen LogP) is 1.35. The number of allylic oxidation sites excluding steroid dienone is 6. The molecule has 0 amide bonds. The fourth-order valence-electron chi connectivity index (χ4n) is 1.87. The summed E-state index contributed by atoms with van der Waals surface area (Å²) in [5, 5.41) is 19.9. The van der Waals surface area contributed by atoms with Gasteiger partial charge >= 0.3 is 57.4 Å². The van der Waals surface area contributed by atoms with Crippen LogP contribution >= 0.6 is 0 Å². The Bertz CT molecular complexity index is 346. The molecule has 0 aromatic heterocycles. The Hall–Kier alpha value is 0.126. The molecule has 22 heavy (non-hydrogen) atoms. The van der Waals surface area contributed by atoms with E-state index in [2.05, 4.69) is 25.2 Å². The van der Waals surface area contributed by atoms with Crippen LogP contribution in [0.4, 0.5) is 0 Å². The zero-order valence-electron chi connectivity index (χ0n) is 14.2. The summed E-state index contributed by atoms with van der Waals surface area (Å²) in [7, 11) is 0. The first-order valence-electron chi connectivity index (χ1n) is 8.04. The van der Waals surface area contributed by atoms with Crippen LogP contribution in [0.25, 0.3) is 0 Å². The normalized spacial score (nSPS) is 12.0. The van der Waals surface area contributed by atoms with E-state index in [1.165, 1.54) is 19.3 Å². The number of aliphatic carboxylic acids is 1. The van der Waals surface area contributed by atoms with E-state index in [9.17, 15) is 9.90 Å². The molecule has 4 heteroatoms. The van der Waals surface area contributed by atoms with Gasteiger partial charge in [0.1, 0.15) is 0 Å². The number of hydrogen-bond donors (Lipinski definition) is 1. The maximum absolute atomic E-state index is 11.5. The molecule has 120 valence electrons. The fourth-order valence-corrected chi connectivity index (χ4v) is 1.87. The van der Waals surface area contributed by atoms with Gasteiger partial charge < -0.3 is 10.2 Å². The van der Waals surface area contributed by atoms with Crippen molar-refractivity contribution in [1.29, 1.82) is 0 Å². The number of rotatable bonds is 13. The molecule has 0 unspecified atom stereocenters. The van der Waals surface area contributed by atoms with Crippen LogP contribution < -0.4 is 56.5 Å². The third-order valence-electron chi connectivity index (χ3n) is 3.13. The molecule has 0 radical (unpaired) electrons. The average Bonchev–Trinajstić information content (AvgIpc) is 2.45. The molecule has 0 aromatic carbocycles. The first-order valence-corrected chi connectivity index (χ1v) is 8.04. The number of unbranched alkanes of at least 4 members (excludes halogenated alkanes) is 4. The Morgan fingerprint density at radius 2 is 1.59 bits per heavy atom. The molecule has 0 saturated carbocycles. The third kappa shape index (κ3) is 20.1. The minimum absolute atomic E-state index is 0. The Labute approximate surface area is 178 Å². The van der Waals surface area contributed by atoms with Gasteiger partial charge in [-0.25, -0.2) is 0 Å². The van der Waals surface area contributed by atoms with Crippen LogP contribution in [0.2, 0.25) is 0 Å². The summed E-state index contributed by atoms with van der Waals surface area (Å²) >= 11 is 0. The van der Waals surface area contributed by atoms with Crippen LogP contribution in [0.3, 0.4) is 0 Å². The number of carboxylic acid groups (broad SMARTS) is 1. The smallest absolute Gasteiger partial charge is 0.876 e. The van der Waals surface area contributed by atoms with Crippen molar-refractivity contribution in [3.63, 3.8) is 0 Å². The number of carboxylic acids is 1. The maximum Gasteiger partial charge on any atom is 1.00 e. The van der Waals surface area contributed by atoms with Gasteiger partial charge in [-0.05, 0) is 44.9 Å². The van der Waals surface area contributed by atoms with Gasteiger partial charge in [0.25, 0.3) is 0 Å². The van der Waals surface area contributed by atoms with Gasteiger partial charge in [-0.1, -0.05) is 50.1 Å². The second kappa shape index (κ2) is 19.2. The van der Waals surface area contributed by atoms with E-state index in [0.717, 1.165) is 12.8 Å². The van der Waals surface area contributed by atoms with Crippen molar-refractivity contribution in [2.24, 2.45) is 0 Å². The number of carbonyl (C=O) groups is 1. The van der Waals surface area contributed by atoms with Crippen molar-refractivity contribution in [3.8, 4) is 0 Å². The van der Waals surface area contributed by atoms with Crippen molar-refractivity contribution in [2.45, 2.75) is 71.1 Å². The molecule has 0 aliphatic rings. The summed E-state index contributed by atoms with van der Waals surface area (Å²) in [6.45, 7) is 2.20.